The SMILES string of the molecule is CSC(C)CCNCC1CC(C)=CC(C)C1. The molecule has 0 saturated heterocycles. The molecular weight excluding hydrogens is 214 g/mol. The van der Waals surface area contributed by atoms with Crippen LogP contribution in [0.25, 0.3) is 0 Å². The lowest BCUT2D eigenvalue weighted by Crippen LogP contribution is -2.27. The number of hydrogen-bond acceptors (Lipinski definition) is 2. The van der Waals surface area contributed by atoms with E-state index < -0.39 is 0 Å². The van der Waals surface area contributed by atoms with Crippen molar-refractivity contribution in [2.75, 3.05) is 19.3 Å². The van der Waals surface area contributed by atoms with Crippen molar-refractivity contribution in [2.24, 2.45) is 11.8 Å². The number of nitrogens with one attached hydrogen (secondary N) is 1. The molecule has 1 nitrogen and oxygen atoms in total. The van der Waals surface area contributed by atoms with Crippen LogP contribution in [0.4, 0.5) is 0 Å². The predicted molar refractivity (Wildman–Crippen MR) is 76.1 cm³/mol. The first-order chi connectivity index (χ1) is 7.61. The Balaban J connectivity index is 2.12. The fourth-order valence-electron chi connectivity index (χ4n) is 2.57. The summed E-state index contributed by atoms with van der Waals surface area (Å²) in [5.41, 5.74) is 1.59. The van der Waals surface area contributed by atoms with Crippen LogP contribution >= 0.6 is 11.8 Å². The van der Waals surface area contributed by atoms with Gasteiger partial charge in [-0.15, -0.1) is 0 Å². The molecule has 0 aromatic heterocycles. The van der Waals surface area contributed by atoms with Gasteiger partial charge in [0, 0.05) is 5.25 Å². The molecule has 16 heavy (non-hydrogen) atoms. The zero-order valence-electron chi connectivity index (χ0n) is 11.3. The van der Waals surface area contributed by atoms with Gasteiger partial charge in [-0.3, -0.25) is 0 Å². The van der Waals surface area contributed by atoms with E-state index in [9.17, 15) is 0 Å². The molecule has 0 fully saturated rings. The van der Waals surface area contributed by atoms with Crippen LogP contribution < -0.4 is 5.32 Å². The van der Waals surface area contributed by atoms with Crippen molar-refractivity contribution in [2.45, 2.75) is 45.3 Å². The standard InChI is InChI=1S/C14H27NS/c1-11-7-12(2)9-14(8-11)10-15-6-5-13(3)16-4/h7,11,13-15H,5-6,8-10H2,1-4H3. The van der Waals surface area contributed by atoms with Crippen molar-refractivity contribution < 1.29 is 0 Å². The van der Waals surface area contributed by atoms with Gasteiger partial charge in [0.25, 0.3) is 0 Å². The van der Waals surface area contributed by atoms with E-state index in [-0.39, 0.29) is 0 Å². The van der Waals surface area contributed by atoms with Crippen molar-refractivity contribution >= 4 is 11.8 Å². The molecule has 94 valence electrons. The Morgan fingerprint density at radius 3 is 2.94 bits per heavy atom. The Bertz CT molecular complexity index is 225. The predicted octanol–water partition coefficient (Wildman–Crippen LogP) is 3.71. The highest BCUT2D eigenvalue weighted by Crippen LogP contribution is 2.27. The summed E-state index contributed by atoms with van der Waals surface area (Å²) in [6.45, 7) is 9.30. The fraction of sp³-hybridized carbons (Fsp3) is 0.857. The molecular formula is C14H27NS. The minimum Gasteiger partial charge on any atom is -0.316 e. The average molecular weight is 241 g/mol. The minimum absolute atomic E-state index is 0.783. The monoisotopic (exact) mass is 241 g/mol. The van der Waals surface area contributed by atoms with Gasteiger partial charge in [0.2, 0.25) is 0 Å². The van der Waals surface area contributed by atoms with Crippen LogP contribution in [0.2, 0.25) is 0 Å². The van der Waals surface area contributed by atoms with E-state index in [1.54, 1.807) is 5.57 Å². The van der Waals surface area contributed by atoms with Crippen molar-refractivity contribution in [1.82, 2.24) is 5.32 Å². The number of hydrogen-bond donors (Lipinski definition) is 1. The smallest absolute Gasteiger partial charge is 0.00280 e. The first kappa shape index (κ1) is 14.1. The van der Waals surface area contributed by atoms with Crippen LogP contribution in [0.3, 0.4) is 0 Å². The normalized spacial score (nSPS) is 27.6. The summed E-state index contributed by atoms with van der Waals surface area (Å²) < 4.78 is 0. The first-order valence-electron chi connectivity index (χ1n) is 6.52. The van der Waals surface area contributed by atoms with Gasteiger partial charge in [0.05, 0.1) is 0 Å². The molecule has 3 unspecified atom stereocenters. The molecule has 1 rings (SSSR count). The second-order valence-electron chi connectivity index (χ2n) is 5.34. The molecule has 1 N–H and O–H groups in total. The van der Waals surface area contributed by atoms with E-state index in [2.05, 4.69) is 38.4 Å². The van der Waals surface area contributed by atoms with Gasteiger partial charge in [-0.1, -0.05) is 25.5 Å². The second-order valence-corrected chi connectivity index (χ2v) is 6.61. The number of rotatable bonds is 6. The first-order valence-corrected chi connectivity index (χ1v) is 7.81. The Morgan fingerprint density at radius 1 is 1.56 bits per heavy atom. The van der Waals surface area contributed by atoms with E-state index in [0.717, 1.165) is 17.1 Å². The highest BCUT2D eigenvalue weighted by atomic mass is 32.2. The van der Waals surface area contributed by atoms with Gasteiger partial charge in [-0.2, -0.15) is 11.8 Å². The molecule has 0 saturated carbocycles. The van der Waals surface area contributed by atoms with E-state index >= 15 is 0 Å². The molecule has 3 atom stereocenters. The zero-order valence-corrected chi connectivity index (χ0v) is 12.1. The molecule has 0 aliphatic heterocycles. The third-order valence-corrected chi connectivity index (χ3v) is 4.49. The van der Waals surface area contributed by atoms with E-state index in [4.69, 9.17) is 0 Å². The lowest BCUT2D eigenvalue weighted by Gasteiger charge is -2.25. The second kappa shape index (κ2) is 7.39. The van der Waals surface area contributed by atoms with Crippen LogP contribution in [0, 0.1) is 11.8 Å². The Labute approximate surface area is 105 Å². The quantitative estimate of drug-likeness (QED) is 0.562. The van der Waals surface area contributed by atoms with Crippen molar-refractivity contribution in [3.63, 3.8) is 0 Å². The third kappa shape index (κ3) is 5.40. The molecule has 2 heteroatoms. The molecule has 0 radical (unpaired) electrons. The van der Waals surface area contributed by atoms with Crippen LogP contribution in [0.5, 0.6) is 0 Å². The summed E-state index contributed by atoms with van der Waals surface area (Å²) in [7, 11) is 0. The number of thioether (sulfide) groups is 1. The van der Waals surface area contributed by atoms with Gasteiger partial charge in [0.1, 0.15) is 0 Å². The highest BCUT2D eigenvalue weighted by Gasteiger charge is 2.17. The van der Waals surface area contributed by atoms with Crippen LogP contribution in [-0.2, 0) is 0 Å². The van der Waals surface area contributed by atoms with Gasteiger partial charge < -0.3 is 5.32 Å². The van der Waals surface area contributed by atoms with E-state index in [1.807, 2.05) is 11.8 Å². The molecule has 0 heterocycles. The summed E-state index contributed by atoms with van der Waals surface area (Å²) in [6.07, 6.45) is 8.59. The van der Waals surface area contributed by atoms with Crippen LogP contribution in [0.1, 0.15) is 40.0 Å². The maximum atomic E-state index is 3.62. The third-order valence-electron chi connectivity index (χ3n) is 3.45. The lowest BCUT2D eigenvalue weighted by atomic mass is 9.84. The van der Waals surface area contributed by atoms with Crippen molar-refractivity contribution in [3.8, 4) is 0 Å². The van der Waals surface area contributed by atoms with Gasteiger partial charge in [-0.25, -0.2) is 0 Å². The minimum atomic E-state index is 0.783. The molecule has 1 aliphatic rings. The summed E-state index contributed by atoms with van der Waals surface area (Å²) in [5.74, 6) is 1.65. The molecule has 0 aromatic carbocycles. The van der Waals surface area contributed by atoms with Crippen molar-refractivity contribution in [3.05, 3.63) is 11.6 Å². The Hall–Kier alpha value is 0.0500. The maximum absolute atomic E-state index is 3.62. The van der Waals surface area contributed by atoms with Gasteiger partial charge >= 0.3 is 0 Å². The molecule has 0 aromatic rings. The van der Waals surface area contributed by atoms with E-state index in [0.29, 0.717) is 0 Å². The zero-order chi connectivity index (χ0) is 12.0. The topological polar surface area (TPSA) is 12.0 Å². The summed E-state index contributed by atoms with van der Waals surface area (Å²) in [5, 5.41) is 4.41. The molecule has 0 spiro atoms. The molecule has 0 amide bonds. The molecule has 1 aliphatic carbocycles. The maximum Gasteiger partial charge on any atom is 0.00280 e. The summed E-state index contributed by atoms with van der Waals surface area (Å²) >= 11 is 1.96. The van der Waals surface area contributed by atoms with Gasteiger partial charge in [0.15, 0.2) is 0 Å². The van der Waals surface area contributed by atoms with Gasteiger partial charge in [-0.05, 0) is 57.4 Å². The highest BCUT2D eigenvalue weighted by molar-refractivity contribution is 7.99. The number of allylic oxidation sites excluding steroid dienone is 2. The summed E-state index contributed by atoms with van der Waals surface area (Å²) in [6, 6.07) is 0. The van der Waals surface area contributed by atoms with Crippen molar-refractivity contribution in [1.29, 1.82) is 0 Å². The fourth-order valence-corrected chi connectivity index (χ4v) is 2.92. The van der Waals surface area contributed by atoms with E-state index in [1.165, 1.54) is 32.4 Å². The lowest BCUT2D eigenvalue weighted by molar-refractivity contribution is 0.381. The Morgan fingerprint density at radius 2 is 2.31 bits per heavy atom. The Kier molecular flexibility index (Phi) is 6.52. The van der Waals surface area contributed by atoms with Crippen LogP contribution in [-0.4, -0.2) is 24.6 Å². The average Bonchev–Trinajstić information content (AvgIpc) is 2.22. The summed E-state index contributed by atoms with van der Waals surface area (Å²) in [4.78, 5) is 0. The van der Waals surface area contributed by atoms with Crippen LogP contribution in [0.15, 0.2) is 11.6 Å². The largest absolute Gasteiger partial charge is 0.316 e. The molecule has 0 bridgehead atoms.